The molecule has 0 saturated carbocycles. The van der Waals surface area contributed by atoms with Crippen molar-refractivity contribution < 1.29 is 19.4 Å². The van der Waals surface area contributed by atoms with Gasteiger partial charge in [-0.2, -0.15) is 5.26 Å². The number of aromatic nitrogens is 1. The third-order valence-electron chi connectivity index (χ3n) is 4.03. The molecule has 1 aromatic heterocycles. The lowest BCUT2D eigenvalue weighted by atomic mass is 9.83. The Labute approximate surface area is 144 Å². The van der Waals surface area contributed by atoms with E-state index in [2.05, 4.69) is 6.07 Å². The Bertz CT molecular complexity index is 900. The summed E-state index contributed by atoms with van der Waals surface area (Å²) in [6.45, 7) is 1.66. The molecule has 6 heteroatoms. The number of phenolic OH excluding ortho intramolecular Hbond substituents is 1. The van der Waals surface area contributed by atoms with Crippen LogP contribution in [0.2, 0.25) is 0 Å². The van der Waals surface area contributed by atoms with Crippen LogP contribution in [-0.2, 0) is 14.3 Å². The molecule has 0 fully saturated rings. The predicted octanol–water partition coefficient (Wildman–Crippen LogP) is 3.15. The van der Waals surface area contributed by atoms with Crippen molar-refractivity contribution in [3.05, 3.63) is 71.3 Å². The van der Waals surface area contributed by atoms with Crippen LogP contribution in [0.15, 0.2) is 65.7 Å². The SMILES string of the molecule is COC(=O)C1=C(C)OC(n2cccc2)=C(C#N)[C@@H]1c1ccc(O)cc1. The first-order chi connectivity index (χ1) is 12.1. The van der Waals surface area contributed by atoms with Crippen molar-refractivity contribution in [1.29, 1.82) is 5.26 Å². The summed E-state index contributed by atoms with van der Waals surface area (Å²) in [5.41, 5.74) is 1.23. The van der Waals surface area contributed by atoms with Crippen LogP contribution in [0.5, 0.6) is 5.75 Å². The molecule has 126 valence electrons. The summed E-state index contributed by atoms with van der Waals surface area (Å²) in [6.07, 6.45) is 3.52. The van der Waals surface area contributed by atoms with Crippen molar-refractivity contribution in [2.45, 2.75) is 12.8 Å². The molecule has 1 aliphatic rings. The van der Waals surface area contributed by atoms with E-state index in [1.807, 2.05) is 12.1 Å². The topological polar surface area (TPSA) is 84.5 Å². The molecule has 1 aliphatic heterocycles. The van der Waals surface area contributed by atoms with E-state index in [4.69, 9.17) is 9.47 Å². The summed E-state index contributed by atoms with van der Waals surface area (Å²) >= 11 is 0. The number of allylic oxidation sites excluding steroid dienone is 2. The van der Waals surface area contributed by atoms with E-state index in [0.717, 1.165) is 0 Å². The van der Waals surface area contributed by atoms with Crippen molar-refractivity contribution in [2.24, 2.45) is 0 Å². The maximum absolute atomic E-state index is 12.3. The van der Waals surface area contributed by atoms with Gasteiger partial charge in [0, 0.05) is 12.4 Å². The molecule has 3 rings (SSSR count). The Balaban J connectivity index is 2.23. The highest BCUT2D eigenvalue weighted by molar-refractivity contribution is 5.93. The molecule has 1 atom stereocenters. The molecule has 1 N–H and O–H groups in total. The fourth-order valence-corrected chi connectivity index (χ4v) is 2.87. The highest BCUT2D eigenvalue weighted by atomic mass is 16.5. The number of aromatic hydroxyl groups is 1. The number of hydrogen-bond donors (Lipinski definition) is 1. The second kappa shape index (κ2) is 6.57. The second-order valence-corrected chi connectivity index (χ2v) is 5.51. The molecule has 0 unspecified atom stereocenters. The van der Waals surface area contributed by atoms with Gasteiger partial charge < -0.3 is 14.6 Å². The van der Waals surface area contributed by atoms with Crippen LogP contribution in [-0.4, -0.2) is 22.8 Å². The molecule has 0 amide bonds. The van der Waals surface area contributed by atoms with Crippen LogP contribution in [0.4, 0.5) is 0 Å². The Morgan fingerprint density at radius 1 is 1.28 bits per heavy atom. The van der Waals surface area contributed by atoms with E-state index >= 15 is 0 Å². The number of ether oxygens (including phenoxy) is 2. The number of esters is 1. The van der Waals surface area contributed by atoms with Gasteiger partial charge in [0.1, 0.15) is 23.2 Å². The van der Waals surface area contributed by atoms with Crippen molar-refractivity contribution in [2.75, 3.05) is 7.11 Å². The minimum atomic E-state index is -0.649. The van der Waals surface area contributed by atoms with Crippen molar-refractivity contribution in [1.82, 2.24) is 4.57 Å². The molecule has 6 nitrogen and oxygen atoms in total. The average molecular weight is 336 g/mol. The first-order valence-corrected chi connectivity index (χ1v) is 7.60. The van der Waals surface area contributed by atoms with Crippen molar-refractivity contribution >= 4 is 11.9 Å². The van der Waals surface area contributed by atoms with Crippen LogP contribution >= 0.6 is 0 Å². The minimum Gasteiger partial charge on any atom is -0.508 e. The zero-order valence-corrected chi connectivity index (χ0v) is 13.8. The number of nitriles is 1. The summed E-state index contributed by atoms with van der Waals surface area (Å²) in [6, 6.07) is 12.2. The third kappa shape index (κ3) is 2.88. The maximum atomic E-state index is 12.3. The van der Waals surface area contributed by atoms with Gasteiger partial charge in [-0.15, -0.1) is 0 Å². The smallest absolute Gasteiger partial charge is 0.338 e. The first-order valence-electron chi connectivity index (χ1n) is 7.60. The summed E-state index contributed by atoms with van der Waals surface area (Å²) in [7, 11) is 1.29. The lowest BCUT2D eigenvalue weighted by Crippen LogP contribution is -2.23. The van der Waals surface area contributed by atoms with E-state index in [-0.39, 0.29) is 16.9 Å². The Morgan fingerprint density at radius 2 is 1.92 bits per heavy atom. The van der Waals surface area contributed by atoms with E-state index in [1.54, 1.807) is 36.0 Å². The van der Waals surface area contributed by atoms with E-state index in [1.165, 1.54) is 19.2 Å². The maximum Gasteiger partial charge on any atom is 0.338 e. The van der Waals surface area contributed by atoms with Crippen LogP contribution in [0.25, 0.3) is 5.88 Å². The third-order valence-corrected chi connectivity index (χ3v) is 4.03. The number of methoxy groups -OCH3 is 1. The summed E-state index contributed by atoms with van der Waals surface area (Å²) in [5.74, 6) is -0.397. The fraction of sp³-hybridized carbons (Fsp3) is 0.158. The van der Waals surface area contributed by atoms with Crippen LogP contribution in [0, 0.1) is 11.3 Å². The molecule has 0 aliphatic carbocycles. The Hall–Kier alpha value is -3.46. The second-order valence-electron chi connectivity index (χ2n) is 5.51. The number of carbonyl (C=O) groups excluding carboxylic acids is 1. The number of benzene rings is 1. The zero-order chi connectivity index (χ0) is 18.0. The van der Waals surface area contributed by atoms with Crippen molar-refractivity contribution in [3.63, 3.8) is 0 Å². The molecule has 2 heterocycles. The minimum absolute atomic E-state index is 0.101. The van der Waals surface area contributed by atoms with Gasteiger partial charge in [-0.1, -0.05) is 12.1 Å². The molecule has 0 radical (unpaired) electrons. The highest BCUT2D eigenvalue weighted by Crippen LogP contribution is 2.42. The lowest BCUT2D eigenvalue weighted by molar-refractivity contribution is -0.136. The molecule has 1 aromatic carbocycles. The first kappa shape index (κ1) is 16.4. The number of carbonyl (C=O) groups is 1. The molecule has 0 bridgehead atoms. The van der Waals surface area contributed by atoms with Gasteiger partial charge >= 0.3 is 5.97 Å². The number of rotatable bonds is 3. The van der Waals surface area contributed by atoms with Gasteiger partial charge in [-0.25, -0.2) is 4.79 Å². The normalized spacial score (nSPS) is 17.1. The van der Waals surface area contributed by atoms with Crippen LogP contribution in [0.1, 0.15) is 18.4 Å². The predicted molar refractivity (Wildman–Crippen MR) is 89.9 cm³/mol. The van der Waals surface area contributed by atoms with Gasteiger partial charge in [-0.3, -0.25) is 4.57 Å². The summed E-state index contributed by atoms with van der Waals surface area (Å²) in [5, 5.41) is 19.3. The van der Waals surface area contributed by atoms with Gasteiger partial charge in [0.2, 0.25) is 5.88 Å². The van der Waals surface area contributed by atoms with Gasteiger partial charge in [0.15, 0.2) is 0 Å². The number of phenols is 1. The fourth-order valence-electron chi connectivity index (χ4n) is 2.87. The lowest BCUT2D eigenvalue weighted by Gasteiger charge is -2.28. The van der Waals surface area contributed by atoms with E-state index in [9.17, 15) is 15.2 Å². The zero-order valence-electron chi connectivity index (χ0n) is 13.8. The Morgan fingerprint density at radius 3 is 2.48 bits per heavy atom. The van der Waals surface area contributed by atoms with E-state index in [0.29, 0.717) is 17.2 Å². The van der Waals surface area contributed by atoms with Gasteiger partial charge in [-0.05, 0) is 36.8 Å². The summed E-state index contributed by atoms with van der Waals surface area (Å²) in [4.78, 5) is 12.3. The number of nitrogens with zero attached hydrogens (tertiary/aromatic N) is 2. The Kier molecular flexibility index (Phi) is 4.31. The number of hydrogen-bond acceptors (Lipinski definition) is 5. The molecule has 25 heavy (non-hydrogen) atoms. The van der Waals surface area contributed by atoms with Crippen LogP contribution < -0.4 is 0 Å². The largest absolute Gasteiger partial charge is 0.508 e. The average Bonchev–Trinajstić information content (AvgIpc) is 3.15. The van der Waals surface area contributed by atoms with Gasteiger partial charge in [0.25, 0.3) is 0 Å². The molecular formula is C19H16N2O4. The molecular weight excluding hydrogens is 320 g/mol. The molecule has 0 spiro atoms. The van der Waals surface area contributed by atoms with E-state index < -0.39 is 11.9 Å². The van der Waals surface area contributed by atoms with Crippen molar-refractivity contribution in [3.8, 4) is 11.8 Å². The molecule has 2 aromatic rings. The quantitative estimate of drug-likeness (QED) is 0.871. The highest BCUT2D eigenvalue weighted by Gasteiger charge is 2.37. The van der Waals surface area contributed by atoms with Gasteiger partial charge in [0.05, 0.1) is 18.6 Å². The summed E-state index contributed by atoms with van der Waals surface area (Å²) < 4.78 is 12.4. The van der Waals surface area contributed by atoms with Crippen LogP contribution in [0.3, 0.4) is 0 Å². The monoisotopic (exact) mass is 336 g/mol. The standard InChI is InChI=1S/C19H16N2O4/c1-12-16(19(23)24-2)17(13-5-7-14(22)8-6-13)15(11-20)18(25-12)21-9-3-4-10-21/h3-10,17,22H,1-2H3/t17-/m0/s1. The molecule has 0 saturated heterocycles.